The van der Waals surface area contributed by atoms with Crippen molar-refractivity contribution in [1.29, 1.82) is 5.26 Å². The van der Waals surface area contributed by atoms with Gasteiger partial charge in [0.05, 0.1) is 5.69 Å². The van der Waals surface area contributed by atoms with Crippen molar-refractivity contribution in [3.63, 3.8) is 0 Å². The molecule has 148 valence electrons. The number of ether oxygens (including phenoxy) is 2. The average molecular weight is 415 g/mol. The molecule has 0 bridgehead atoms. The molecular weight excluding hydrogens is 398 g/mol. The Morgan fingerprint density at radius 1 is 1.00 bits per heavy atom. The highest BCUT2D eigenvalue weighted by Gasteiger charge is 2.14. The monoisotopic (exact) mass is 415 g/mol. The first kappa shape index (κ1) is 19.4. The van der Waals surface area contributed by atoms with E-state index in [0.29, 0.717) is 22.9 Å². The highest BCUT2D eigenvalue weighted by molar-refractivity contribution is 7.99. The zero-order valence-electron chi connectivity index (χ0n) is 15.8. The van der Waals surface area contributed by atoms with E-state index in [1.807, 2.05) is 60.7 Å². The van der Waals surface area contributed by atoms with Crippen LogP contribution >= 0.6 is 11.8 Å². The van der Waals surface area contributed by atoms with Crippen molar-refractivity contribution in [3.05, 3.63) is 84.6 Å². The zero-order valence-corrected chi connectivity index (χ0v) is 16.6. The quantitative estimate of drug-likeness (QED) is 0.434. The largest absolute Gasteiger partial charge is 0.454 e. The molecule has 3 aromatic rings. The molecule has 3 aromatic carbocycles. The Bertz CT molecular complexity index is 1140. The fraction of sp³-hybridized carbons (Fsp3) is 0.0435. The van der Waals surface area contributed by atoms with E-state index in [1.165, 1.54) is 18.0 Å². The van der Waals surface area contributed by atoms with Crippen LogP contribution in [0, 0.1) is 11.3 Å². The van der Waals surface area contributed by atoms with Crippen LogP contribution in [0.4, 0.5) is 11.4 Å². The van der Waals surface area contributed by atoms with Crippen molar-refractivity contribution in [2.24, 2.45) is 0 Å². The van der Waals surface area contributed by atoms with Gasteiger partial charge in [0.1, 0.15) is 11.6 Å². The summed E-state index contributed by atoms with van der Waals surface area (Å²) in [5.41, 5.74) is 1.27. The van der Waals surface area contributed by atoms with Crippen LogP contribution in [0.15, 0.2) is 94.4 Å². The zero-order chi connectivity index (χ0) is 20.8. The van der Waals surface area contributed by atoms with Gasteiger partial charge in [0.15, 0.2) is 11.5 Å². The first-order chi connectivity index (χ1) is 14.7. The second-order valence-corrected chi connectivity index (χ2v) is 7.36. The maximum absolute atomic E-state index is 12.7. The van der Waals surface area contributed by atoms with E-state index in [9.17, 15) is 10.1 Å². The normalized spacial score (nSPS) is 12.2. The number of hydrogen-bond donors (Lipinski definition) is 2. The van der Waals surface area contributed by atoms with Crippen molar-refractivity contribution in [3.8, 4) is 17.6 Å². The van der Waals surface area contributed by atoms with E-state index in [-0.39, 0.29) is 12.4 Å². The van der Waals surface area contributed by atoms with Crippen molar-refractivity contribution in [2.75, 3.05) is 17.4 Å². The Morgan fingerprint density at radius 2 is 1.77 bits per heavy atom. The molecule has 0 atom stereocenters. The number of nitrogens with one attached hydrogen (secondary N) is 2. The number of amides is 1. The Morgan fingerprint density at radius 3 is 2.60 bits per heavy atom. The Balaban J connectivity index is 1.47. The van der Waals surface area contributed by atoms with Crippen LogP contribution in [0.3, 0.4) is 0 Å². The first-order valence-electron chi connectivity index (χ1n) is 9.12. The minimum absolute atomic E-state index is 0.0489. The van der Waals surface area contributed by atoms with Gasteiger partial charge in [-0.2, -0.15) is 5.26 Å². The summed E-state index contributed by atoms with van der Waals surface area (Å²) < 4.78 is 10.6. The molecule has 1 amide bonds. The molecule has 4 rings (SSSR count). The van der Waals surface area contributed by atoms with E-state index in [1.54, 1.807) is 18.2 Å². The van der Waals surface area contributed by atoms with Crippen molar-refractivity contribution in [2.45, 2.75) is 9.79 Å². The first-order valence-corrected chi connectivity index (χ1v) is 9.94. The third kappa shape index (κ3) is 4.57. The summed E-state index contributed by atoms with van der Waals surface area (Å²) in [6.45, 7) is 0.181. The third-order valence-corrected chi connectivity index (χ3v) is 5.31. The van der Waals surface area contributed by atoms with Crippen LogP contribution in [0.5, 0.6) is 11.5 Å². The number of carbonyl (C=O) groups is 1. The highest BCUT2D eigenvalue weighted by atomic mass is 32.2. The molecule has 0 saturated heterocycles. The molecule has 1 heterocycles. The second kappa shape index (κ2) is 9.07. The molecule has 2 N–H and O–H groups in total. The minimum Gasteiger partial charge on any atom is -0.454 e. The van der Waals surface area contributed by atoms with Gasteiger partial charge in [0, 0.05) is 27.7 Å². The molecule has 0 unspecified atom stereocenters. The van der Waals surface area contributed by atoms with Gasteiger partial charge < -0.3 is 20.1 Å². The van der Waals surface area contributed by atoms with E-state index < -0.39 is 5.91 Å². The number of rotatable bonds is 6. The number of fused-ring (bicyclic) bond motifs is 1. The van der Waals surface area contributed by atoms with Crippen LogP contribution in [0.25, 0.3) is 0 Å². The summed E-state index contributed by atoms with van der Waals surface area (Å²) in [5.74, 6) is 0.783. The maximum atomic E-state index is 12.7. The smallest absolute Gasteiger partial charge is 0.267 e. The van der Waals surface area contributed by atoms with Crippen molar-refractivity contribution in [1.82, 2.24) is 0 Å². The Kier molecular flexibility index (Phi) is 5.88. The molecule has 0 radical (unpaired) electrons. The number of carbonyl (C=O) groups excluding carboxylic acids is 1. The molecule has 0 fully saturated rings. The van der Waals surface area contributed by atoms with Crippen LogP contribution in [-0.2, 0) is 4.79 Å². The number of nitriles is 1. The van der Waals surface area contributed by atoms with Crippen LogP contribution < -0.4 is 20.1 Å². The molecule has 0 aliphatic carbocycles. The highest BCUT2D eigenvalue weighted by Crippen LogP contribution is 2.35. The van der Waals surface area contributed by atoms with Crippen LogP contribution in [0.1, 0.15) is 0 Å². The molecule has 0 spiro atoms. The van der Waals surface area contributed by atoms with E-state index in [0.717, 1.165) is 9.79 Å². The minimum atomic E-state index is -0.494. The van der Waals surface area contributed by atoms with Gasteiger partial charge in [0.25, 0.3) is 5.91 Å². The summed E-state index contributed by atoms with van der Waals surface area (Å²) in [6.07, 6.45) is 1.37. The summed E-state index contributed by atoms with van der Waals surface area (Å²) in [6, 6.07) is 24.6. The summed E-state index contributed by atoms with van der Waals surface area (Å²) in [7, 11) is 0. The SMILES string of the molecule is N#C/C(=C/Nc1ccc2c(c1)OCO2)C(=O)Nc1ccccc1Sc1ccccc1. The molecule has 30 heavy (non-hydrogen) atoms. The molecule has 1 aliphatic heterocycles. The average Bonchev–Trinajstić information content (AvgIpc) is 3.24. The molecule has 1 aliphatic rings. The predicted octanol–water partition coefficient (Wildman–Crippen LogP) is 5.02. The van der Waals surface area contributed by atoms with E-state index >= 15 is 0 Å². The van der Waals surface area contributed by atoms with Gasteiger partial charge in [-0.15, -0.1) is 0 Å². The van der Waals surface area contributed by atoms with Gasteiger partial charge in [0.2, 0.25) is 6.79 Å². The van der Waals surface area contributed by atoms with Gasteiger partial charge in [-0.1, -0.05) is 42.1 Å². The number of benzene rings is 3. The lowest BCUT2D eigenvalue weighted by Crippen LogP contribution is -2.15. The lowest BCUT2D eigenvalue weighted by Gasteiger charge is -2.10. The number of para-hydroxylation sites is 1. The van der Waals surface area contributed by atoms with E-state index in [2.05, 4.69) is 10.6 Å². The lowest BCUT2D eigenvalue weighted by atomic mass is 10.2. The van der Waals surface area contributed by atoms with Gasteiger partial charge in [-0.25, -0.2) is 0 Å². The fourth-order valence-corrected chi connectivity index (χ4v) is 3.68. The summed E-state index contributed by atoms with van der Waals surface area (Å²) in [5, 5.41) is 15.2. The maximum Gasteiger partial charge on any atom is 0.267 e. The standard InChI is InChI=1S/C23H17N3O3S/c24-13-16(14-25-17-10-11-20-21(12-17)29-15-28-20)23(27)26-19-8-4-5-9-22(19)30-18-6-2-1-3-7-18/h1-12,14,25H,15H2,(H,26,27)/b16-14-. The molecule has 6 nitrogen and oxygen atoms in total. The Hall–Kier alpha value is -3.89. The van der Waals surface area contributed by atoms with Gasteiger partial charge >= 0.3 is 0 Å². The van der Waals surface area contributed by atoms with Crippen molar-refractivity contribution >= 4 is 29.0 Å². The summed E-state index contributed by atoms with van der Waals surface area (Å²) in [4.78, 5) is 14.6. The Labute approximate surface area is 178 Å². The van der Waals surface area contributed by atoms with E-state index in [4.69, 9.17) is 9.47 Å². The molecule has 0 saturated carbocycles. The van der Waals surface area contributed by atoms with Gasteiger partial charge in [-0.3, -0.25) is 4.79 Å². The van der Waals surface area contributed by atoms with Crippen LogP contribution in [-0.4, -0.2) is 12.7 Å². The van der Waals surface area contributed by atoms with Gasteiger partial charge in [-0.05, 0) is 36.4 Å². The molecule has 7 heteroatoms. The van der Waals surface area contributed by atoms with Crippen LogP contribution in [0.2, 0.25) is 0 Å². The molecular formula is C23H17N3O3S. The summed E-state index contributed by atoms with van der Waals surface area (Å²) >= 11 is 1.54. The second-order valence-electron chi connectivity index (χ2n) is 6.25. The van der Waals surface area contributed by atoms with Crippen molar-refractivity contribution < 1.29 is 14.3 Å². The third-order valence-electron chi connectivity index (χ3n) is 4.23. The molecule has 0 aromatic heterocycles. The number of nitrogens with zero attached hydrogens (tertiary/aromatic N) is 1. The predicted molar refractivity (Wildman–Crippen MR) is 116 cm³/mol. The topological polar surface area (TPSA) is 83.4 Å². The fourth-order valence-electron chi connectivity index (χ4n) is 2.75. The number of anilines is 2. The number of hydrogen-bond acceptors (Lipinski definition) is 6. The lowest BCUT2D eigenvalue weighted by molar-refractivity contribution is -0.112.